The molecule has 1 saturated heterocycles. The number of likely N-dealkylation sites (N-methyl/N-ethyl adjacent to an activating group) is 1. The van der Waals surface area contributed by atoms with Crippen LogP contribution in [0.1, 0.15) is 28.1 Å². The lowest BCUT2D eigenvalue weighted by Gasteiger charge is -2.30. The topological polar surface area (TPSA) is 83.3 Å². The van der Waals surface area contributed by atoms with E-state index >= 15 is 0 Å². The fourth-order valence-corrected chi connectivity index (χ4v) is 2.38. The highest BCUT2D eigenvalue weighted by Gasteiger charge is 2.26. The van der Waals surface area contributed by atoms with Crippen molar-refractivity contribution >= 4 is 11.6 Å². The summed E-state index contributed by atoms with van der Waals surface area (Å²) in [4.78, 5) is 18.5. The summed E-state index contributed by atoms with van der Waals surface area (Å²) in [7, 11) is 2.01. The van der Waals surface area contributed by atoms with E-state index in [2.05, 4.69) is 25.7 Å². The molecular formula is C15H19N5O2. The Balaban J connectivity index is 1.70. The van der Waals surface area contributed by atoms with Gasteiger partial charge in [-0.3, -0.25) is 9.69 Å². The SMILES string of the molecule is Cc1ccc(NC(=O)c2nc(C3CNCCN3C)no2)cc1. The summed E-state index contributed by atoms with van der Waals surface area (Å²) < 4.78 is 5.10. The average molecular weight is 301 g/mol. The van der Waals surface area contributed by atoms with E-state index < -0.39 is 5.91 Å². The lowest BCUT2D eigenvalue weighted by molar-refractivity contribution is 0.0981. The molecule has 0 saturated carbocycles. The third kappa shape index (κ3) is 3.15. The molecule has 1 amide bonds. The fourth-order valence-electron chi connectivity index (χ4n) is 2.38. The Morgan fingerprint density at radius 1 is 1.41 bits per heavy atom. The van der Waals surface area contributed by atoms with E-state index in [0.29, 0.717) is 11.5 Å². The van der Waals surface area contributed by atoms with Crippen molar-refractivity contribution in [1.29, 1.82) is 0 Å². The number of benzene rings is 1. The first-order valence-electron chi connectivity index (χ1n) is 7.26. The van der Waals surface area contributed by atoms with Crippen LogP contribution < -0.4 is 10.6 Å². The van der Waals surface area contributed by atoms with Gasteiger partial charge in [-0.25, -0.2) is 0 Å². The maximum absolute atomic E-state index is 12.1. The zero-order valence-corrected chi connectivity index (χ0v) is 12.7. The Labute approximate surface area is 128 Å². The van der Waals surface area contributed by atoms with Crippen LogP contribution in [0.2, 0.25) is 0 Å². The van der Waals surface area contributed by atoms with Crippen LogP contribution in [0.25, 0.3) is 0 Å². The van der Waals surface area contributed by atoms with Gasteiger partial charge in [-0.2, -0.15) is 4.98 Å². The first-order chi connectivity index (χ1) is 10.6. The van der Waals surface area contributed by atoms with E-state index in [1.165, 1.54) is 0 Å². The third-order valence-corrected chi connectivity index (χ3v) is 3.75. The molecular weight excluding hydrogens is 282 g/mol. The van der Waals surface area contributed by atoms with Crippen molar-refractivity contribution in [2.24, 2.45) is 0 Å². The van der Waals surface area contributed by atoms with Gasteiger partial charge in [-0.05, 0) is 26.1 Å². The quantitative estimate of drug-likeness (QED) is 0.886. The molecule has 116 valence electrons. The number of amides is 1. The van der Waals surface area contributed by atoms with Gasteiger partial charge >= 0.3 is 11.8 Å². The molecule has 2 heterocycles. The number of nitrogens with zero attached hydrogens (tertiary/aromatic N) is 3. The maximum Gasteiger partial charge on any atom is 0.316 e. The van der Waals surface area contributed by atoms with E-state index in [1.807, 2.05) is 38.2 Å². The Hall–Kier alpha value is -2.25. The van der Waals surface area contributed by atoms with Crippen LogP contribution in [0.4, 0.5) is 5.69 Å². The van der Waals surface area contributed by atoms with Gasteiger partial charge in [-0.15, -0.1) is 0 Å². The lowest BCUT2D eigenvalue weighted by Crippen LogP contribution is -2.44. The molecule has 1 atom stereocenters. The van der Waals surface area contributed by atoms with Crippen molar-refractivity contribution in [3.63, 3.8) is 0 Å². The molecule has 1 aromatic carbocycles. The second-order valence-corrected chi connectivity index (χ2v) is 5.48. The van der Waals surface area contributed by atoms with Gasteiger partial charge in [0, 0.05) is 25.3 Å². The largest absolute Gasteiger partial charge is 0.328 e. The fraction of sp³-hybridized carbons (Fsp3) is 0.400. The minimum atomic E-state index is -0.394. The summed E-state index contributed by atoms with van der Waals surface area (Å²) >= 11 is 0. The number of carbonyl (C=O) groups is 1. The average Bonchev–Trinajstić information content (AvgIpc) is 3.00. The third-order valence-electron chi connectivity index (χ3n) is 3.75. The van der Waals surface area contributed by atoms with E-state index in [9.17, 15) is 4.79 Å². The molecule has 0 spiro atoms. The Morgan fingerprint density at radius 3 is 2.91 bits per heavy atom. The summed E-state index contributed by atoms with van der Waals surface area (Å²) in [6, 6.07) is 7.56. The highest BCUT2D eigenvalue weighted by molar-refractivity contribution is 6.00. The molecule has 1 aliphatic rings. The smallest absolute Gasteiger partial charge is 0.316 e. The number of aromatic nitrogens is 2. The summed E-state index contributed by atoms with van der Waals surface area (Å²) in [5.74, 6) is 0.118. The summed E-state index contributed by atoms with van der Waals surface area (Å²) in [6.07, 6.45) is 0. The lowest BCUT2D eigenvalue weighted by atomic mass is 10.2. The molecule has 1 aromatic heterocycles. The number of anilines is 1. The van der Waals surface area contributed by atoms with Gasteiger partial charge in [0.15, 0.2) is 5.82 Å². The second-order valence-electron chi connectivity index (χ2n) is 5.48. The van der Waals surface area contributed by atoms with Crippen molar-refractivity contribution in [3.05, 3.63) is 41.5 Å². The monoisotopic (exact) mass is 301 g/mol. The maximum atomic E-state index is 12.1. The molecule has 0 radical (unpaired) electrons. The molecule has 2 N–H and O–H groups in total. The van der Waals surface area contributed by atoms with Gasteiger partial charge in [0.1, 0.15) is 0 Å². The molecule has 7 heteroatoms. The molecule has 0 aliphatic carbocycles. The van der Waals surface area contributed by atoms with Crippen LogP contribution in [0, 0.1) is 6.92 Å². The molecule has 3 rings (SSSR count). The number of hydrogen-bond acceptors (Lipinski definition) is 6. The van der Waals surface area contributed by atoms with Crippen molar-refractivity contribution in [3.8, 4) is 0 Å². The highest BCUT2D eigenvalue weighted by Crippen LogP contribution is 2.18. The minimum Gasteiger partial charge on any atom is -0.328 e. The molecule has 2 aromatic rings. The number of aryl methyl sites for hydroxylation is 1. The standard InChI is InChI=1S/C15H19N5O2/c1-10-3-5-11(6-4-10)17-14(21)15-18-13(19-22-15)12-9-16-7-8-20(12)2/h3-6,12,16H,7-9H2,1-2H3,(H,17,21). The van der Waals surface area contributed by atoms with Crippen LogP contribution in [0.5, 0.6) is 0 Å². The Morgan fingerprint density at radius 2 is 2.18 bits per heavy atom. The van der Waals surface area contributed by atoms with Crippen molar-refractivity contribution in [2.75, 3.05) is 32.0 Å². The van der Waals surface area contributed by atoms with Gasteiger partial charge in [0.2, 0.25) is 0 Å². The van der Waals surface area contributed by atoms with Crippen molar-refractivity contribution in [2.45, 2.75) is 13.0 Å². The predicted molar refractivity (Wildman–Crippen MR) is 81.7 cm³/mol. The molecule has 0 bridgehead atoms. The number of piperazine rings is 1. The van der Waals surface area contributed by atoms with Crippen LogP contribution in [0.3, 0.4) is 0 Å². The second kappa shape index (κ2) is 6.25. The molecule has 7 nitrogen and oxygen atoms in total. The normalized spacial score (nSPS) is 19.1. The number of hydrogen-bond donors (Lipinski definition) is 2. The highest BCUT2D eigenvalue weighted by atomic mass is 16.5. The molecule has 22 heavy (non-hydrogen) atoms. The summed E-state index contributed by atoms with van der Waals surface area (Å²) in [6.45, 7) is 4.58. The van der Waals surface area contributed by atoms with E-state index in [1.54, 1.807) is 0 Å². The summed E-state index contributed by atoms with van der Waals surface area (Å²) in [5, 5.41) is 9.97. The summed E-state index contributed by atoms with van der Waals surface area (Å²) in [5.41, 5.74) is 1.83. The van der Waals surface area contributed by atoms with E-state index in [4.69, 9.17) is 4.52 Å². The first kappa shape index (κ1) is 14.7. The minimum absolute atomic E-state index is 0.0189. The predicted octanol–water partition coefficient (Wildman–Crippen LogP) is 1.21. The van der Waals surface area contributed by atoms with Gasteiger partial charge in [0.25, 0.3) is 0 Å². The molecule has 1 fully saturated rings. The van der Waals surface area contributed by atoms with Crippen LogP contribution in [-0.4, -0.2) is 47.6 Å². The zero-order chi connectivity index (χ0) is 15.5. The van der Waals surface area contributed by atoms with E-state index in [0.717, 1.165) is 25.2 Å². The zero-order valence-electron chi connectivity index (χ0n) is 12.7. The van der Waals surface area contributed by atoms with Crippen molar-refractivity contribution < 1.29 is 9.32 Å². The van der Waals surface area contributed by atoms with Crippen LogP contribution in [0.15, 0.2) is 28.8 Å². The number of carbonyl (C=O) groups excluding carboxylic acids is 1. The molecule has 1 aliphatic heterocycles. The first-order valence-corrected chi connectivity index (χ1v) is 7.26. The van der Waals surface area contributed by atoms with Gasteiger partial charge in [0.05, 0.1) is 6.04 Å². The Kier molecular flexibility index (Phi) is 4.17. The van der Waals surface area contributed by atoms with Crippen LogP contribution in [-0.2, 0) is 0 Å². The van der Waals surface area contributed by atoms with Gasteiger partial charge in [-0.1, -0.05) is 22.9 Å². The number of rotatable bonds is 3. The molecule has 1 unspecified atom stereocenters. The van der Waals surface area contributed by atoms with Crippen LogP contribution >= 0.6 is 0 Å². The van der Waals surface area contributed by atoms with E-state index in [-0.39, 0.29) is 11.9 Å². The van der Waals surface area contributed by atoms with Gasteiger partial charge < -0.3 is 15.2 Å². The Bertz CT molecular complexity index is 652. The number of nitrogens with one attached hydrogen (secondary N) is 2. The van der Waals surface area contributed by atoms with Crippen molar-refractivity contribution in [1.82, 2.24) is 20.4 Å².